The van der Waals surface area contributed by atoms with Crippen LogP contribution in [0.1, 0.15) is 0 Å². The monoisotopic (exact) mass is 486 g/mol. The van der Waals surface area contributed by atoms with E-state index in [0.717, 1.165) is 12.2 Å². The van der Waals surface area contributed by atoms with Gasteiger partial charge in [0.1, 0.15) is 45.3 Å². The van der Waals surface area contributed by atoms with Crippen LogP contribution in [0, 0.1) is 0 Å². The van der Waals surface area contributed by atoms with Crippen molar-refractivity contribution in [2.75, 3.05) is 52.7 Å². The predicted molar refractivity (Wildman–Crippen MR) is 114 cm³/mol. The smallest absolute Gasteiger partial charge is 0.409 e. The zero-order valence-corrected chi connectivity index (χ0v) is 18.6. The van der Waals surface area contributed by atoms with Crippen LogP contribution in [0.15, 0.2) is 25.3 Å². The quantitative estimate of drug-likeness (QED) is 0.0926. The van der Waals surface area contributed by atoms with Gasteiger partial charge in [0.2, 0.25) is 0 Å². The van der Waals surface area contributed by atoms with Crippen LogP contribution in [-0.2, 0) is 33.3 Å². The fourth-order valence-electron chi connectivity index (χ4n) is 2.83. The van der Waals surface area contributed by atoms with Crippen molar-refractivity contribution in [2.45, 2.75) is 18.9 Å². The van der Waals surface area contributed by atoms with E-state index < -0.39 is 43.0 Å². The van der Waals surface area contributed by atoms with Crippen LogP contribution in [0.4, 0.5) is 9.59 Å². The van der Waals surface area contributed by atoms with Crippen LogP contribution in [-0.4, -0.2) is 101 Å². The van der Waals surface area contributed by atoms with E-state index in [0.29, 0.717) is 26.3 Å². The fraction of sp³-hybridized carbons (Fsp3) is 0.579. The molecule has 0 bridgehead atoms. The normalized spacial score (nSPS) is 22.5. The first-order valence-corrected chi connectivity index (χ1v) is 10.5. The molecule has 2 heterocycles. The second kappa shape index (κ2) is 14.8. The summed E-state index contributed by atoms with van der Waals surface area (Å²) in [5.74, 6) is -1.25. The van der Waals surface area contributed by atoms with Crippen LogP contribution in [0.2, 0.25) is 0 Å². The molecule has 0 radical (unpaired) electrons. The van der Waals surface area contributed by atoms with E-state index >= 15 is 0 Å². The molecule has 15 heteroatoms. The number of carbonyl (C=O) groups excluding carboxylic acids is 4. The minimum absolute atomic E-state index is 0.125. The maximum Gasteiger partial charge on any atom is 0.409 e. The summed E-state index contributed by atoms with van der Waals surface area (Å²) in [6, 6.07) is 0. The number of hydrogen-bond donors (Lipinski definition) is 5. The predicted octanol–water partition coefficient (Wildman–Crippen LogP) is -2.14. The van der Waals surface area contributed by atoms with Crippen LogP contribution in [0.5, 0.6) is 0 Å². The van der Waals surface area contributed by atoms with Gasteiger partial charge in [-0.15, -0.1) is 0 Å². The molecule has 2 rings (SSSR count). The van der Waals surface area contributed by atoms with Crippen LogP contribution < -0.4 is 26.6 Å². The number of alkyl carbamates (subject to hydrolysis) is 2. The lowest BCUT2D eigenvalue weighted by Gasteiger charge is -2.44. The second-order valence-electron chi connectivity index (χ2n) is 6.72. The molecule has 0 aromatic rings. The Morgan fingerprint density at radius 1 is 0.794 bits per heavy atom. The van der Waals surface area contributed by atoms with Crippen molar-refractivity contribution in [1.29, 1.82) is 0 Å². The van der Waals surface area contributed by atoms with Crippen molar-refractivity contribution in [2.24, 2.45) is 0 Å². The summed E-state index contributed by atoms with van der Waals surface area (Å²) in [4.78, 5) is 48.2. The van der Waals surface area contributed by atoms with Crippen molar-refractivity contribution in [3.8, 4) is 0 Å². The molecule has 34 heavy (non-hydrogen) atoms. The molecule has 0 saturated carbocycles. The Kier molecular flexibility index (Phi) is 11.8. The average molecular weight is 486 g/mol. The number of morpholine rings is 1. The molecule has 0 spiro atoms. The van der Waals surface area contributed by atoms with E-state index in [1.807, 2.05) is 4.90 Å². The SMILES string of the molecule is C=CC(=O)OCCOC(=O)NC1NC(NC(=O)OCCOC(=O)C=C)NC(N2CCOCC2)N1. The second-order valence-corrected chi connectivity index (χ2v) is 6.72. The van der Waals surface area contributed by atoms with E-state index in [1.165, 1.54) is 0 Å². The Balaban J connectivity index is 1.84. The molecule has 2 unspecified atom stereocenters. The van der Waals surface area contributed by atoms with Gasteiger partial charge < -0.3 is 23.7 Å². The molecular weight excluding hydrogens is 456 g/mol. The Morgan fingerprint density at radius 2 is 1.24 bits per heavy atom. The first-order chi connectivity index (χ1) is 16.4. The van der Waals surface area contributed by atoms with Crippen molar-refractivity contribution in [1.82, 2.24) is 31.5 Å². The Bertz CT molecular complexity index is 681. The van der Waals surface area contributed by atoms with Crippen LogP contribution in [0.3, 0.4) is 0 Å². The number of hydrogen-bond acceptors (Lipinski definition) is 13. The Morgan fingerprint density at radius 3 is 1.68 bits per heavy atom. The van der Waals surface area contributed by atoms with Crippen LogP contribution in [0.25, 0.3) is 0 Å². The van der Waals surface area contributed by atoms with Gasteiger partial charge in [0.05, 0.1) is 13.2 Å². The number of nitrogens with zero attached hydrogens (tertiary/aromatic N) is 1. The number of ether oxygens (including phenoxy) is 5. The number of rotatable bonds is 11. The van der Waals surface area contributed by atoms with Crippen molar-refractivity contribution in [3.05, 3.63) is 25.3 Å². The Hall–Kier alpha value is -3.24. The molecule has 0 aliphatic carbocycles. The number of amides is 2. The van der Waals surface area contributed by atoms with E-state index in [1.54, 1.807) is 0 Å². The molecule has 0 aromatic carbocycles. The van der Waals surface area contributed by atoms with Crippen LogP contribution >= 0.6 is 0 Å². The van der Waals surface area contributed by atoms with Gasteiger partial charge in [-0.2, -0.15) is 0 Å². The lowest BCUT2D eigenvalue weighted by Crippen LogP contribution is -2.78. The molecule has 2 saturated heterocycles. The van der Waals surface area contributed by atoms with E-state index in [9.17, 15) is 19.2 Å². The molecule has 2 amide bonds. The minimum atomic E-state index is -0.809. The summed E-state index contributed by atoms with van der Waals surface area (Å²) in [5, 5.41) is 14.3. The van der Waals surface area contributed by atoms with Gasteiger partial charge in [-0.1, -0.05) is 13.2 Å². The third-order valence-corrected chi connectivity index (χ3v) is 4.37. The molecule has 2 atom stereocenters. The Labute approximate surface area is 196 Å². The van der Waals surface area contributed by atoms with Gasteiger partial charge in [-0.25, -0.2) is 19.2 Å². The zero-order chi connectivity index (χ0) is 24.8. The lowest BCUT2D eigenvalue weighted by atomic mass is 10.4. The molecule has 15 nitrogen and oxygen atoms in total. The van der Waals surface area contributed by atoms with Gasteiger partial charge in [0.15, 0.2) is 0 Å². The summed E-state index contributed by atoms with van der Waals surface area (Å²) in [6.07, 6.45) is -1.63. The van der Waals surface area contributed by atoms with E-state index in [-0.39, 0.29) is 26.4 Å². The zero-order valence-electron chi connectivity index (χ0n) is 18.6. The molecule has 2 fully saturated rings. The highest BCUT2D eigenvalue weighted by molar-refractivity contribution is 5.81. The minimum Gasteiger partial charge on any atom is -0.459 e. The lowest BCUT2D eigenvalue weighted by molar-refractivity contribution is -0.139. The van der Waals surface area contributed by atoms with E-state index in [2.05, 4.69) is 39.7 Å². The molecule has 2 aliphatic rings. The number of nitrogens with one attached hydrogen (secondary N) is 5. The summed E-state index contributed by atoms with van der Waals surface area (Å²) in [7, 11) is 0. The average Bonchev–Trinajstić information content (AvgIpc) is 2.84. The molecule has 0 aromatic heterocycles. The van der Waals surface area contributed by atoms with Gasteiger partial charge in [-0.05, 0) is 0 Å². The highest BCUT2D eigenvalue weighted by Gasteiger charge is 2.33. The van der Waals surface area contributed by atoms with Gasteiger partial charge in [0, 0.05) is 25.2 Å². The van der Waals surface area contributed by atoms with Crippen molar-refractivity contribution >= 4 is 24.1 Å². The number of carbonyl (C=O) groups is 4. The maximum absolute atomic E-state index is 12.1. The van der Waals surface area contributed by atoms with Gasteiger partial charge in [-0.3, -0.25) is 31.5 Å². The first-order valence-electron chi connectivity index (χ1n) is 10.5. The summed E-state index contributed by atoms with van der Waals surface area (Å²) in [5.41, 5.74) is 0. The standard InChI is InChI=1S/C19H30N6O9/c1-3-13(26)31-9-11-33-18(28)23-15-20-16(22-17(21-15)25-5-7-30-8-6-25)24-19(29)34-12-10-32-14(27)4-2/h3-4,15-17,20-22H,1-2,5-12H2,(H,23,28)(H,24,29). The third kappa shape index (κ3) is 10.1. The number of esters is 2. The third-order valence-electron chi connectivity index (χ3n) is 4.37. The molecule has 190 valence electrons. The summed E-state index contributed by atoms with van der Waals surface area (Å²) >= 11 is 0. The van der Waals surface area contributed by atoms with Gasteiger partial charge >= 0.3 is 24.1 Å². The summed E-state index contributed by atoms with van der Waals surface area (Å²) < 4.78 is 24.8. The molecule has 5 N–H and O–H groups in total. The van der Waals surface area contributed by atoms with Crippen molar-refractivity contribution < 1.29 is 42.9 Å². The molecular formula is C19H30N6O9. The first kappa shape index (κ1) is 27.0. The fourth-order valence-corrected chi connectivity index (χ4v) is 2.83. The highest BCUT2D eigenvalue weighted by atomic mass is 16.6. The topological polar surface area (TPSA) is 178 Å². The maximum atomic E-state index is 12.1. The molecule has 2 aliphatic heterocycles. The van der Waals surface area contributed by atoms with Crippen molar-refractivity contribution in [3.63, 3.8) is 0 Å². The van der Waals surface area contributed by atoms with E-state index in [4.69, 9.17) is 23.7 Å². The van der Waals surface area contributed by atoms with Gasteiger partial charge in [0.25, 0.3) is 0 Å². The largest absolute Gasteiger partial charge is 0.459 e. The summed E-state index contributed by atoms with van der Waals surface area (Å²) in [6.45, 7) is 8.25. The highest BCUT2D eigenvalue weighted by Crippen LogP contribution is 2.04.